The van der Waals surface area contributed by atoms with Gasteiger partial charge >= 0.3 is 0 Å². The first-order valence-corrected chi connectivity index (χ1v) is 14.9. The van der Waals surface area contributed by atoms with Crippen molar-refractivity contribution in [2.75, 3.05) is 25.6 Å². The van der Waals surface area contributed by atoms with Gasteiger partial charge < -0.3 is 20.5 Å². The van der Waals surface area contributed by atoms with Gasteiger partial charge in [0.2, 0.25) is 5.91 Å². The molecule has 1 unspecified atom stereocenters. The van der Waals surface area contributed by atoms with Gasteiger partial charge in [0.1, 0.15) is 23.9 Å². The molecule has 35 heavy (non-hydrogen) atoms. The second kappa shape index (κ2) is 12.3. The molecular weight excluding hydrogens is 472 g/mol. The van der Waals surface area contributed by atoms with Crippen LogP contribution in [0.15, 0.2) is 48.1 Å². The minimum Gasteiger partial charge on any atom is -0.380 e. The number of rotatable bonds is 10. The summed E-state index contributed by atoms with van der Waals surface area (Å²) in [4.78, 5) is 25.9. The molecule has 192 valence electrons. The van der Waals surface area contributed by atoms with Gasteiger partial charge in [-0.1, -0.05) is 44.4 Å². The highest BCUT2D eigenvalue weighted by Crippen LogP contribution is 2.18. The molecule has 0 saturated carbocycles. The Morgan fingerprint density at radius 1 is 1.29 bits per heavy atom. The summed E-state index contributed by atoms with van der Waals surface area (Å²) in [5.74, 6) is -3.13. The van der Waals surface area contributed by atoms with Gasteiger partial charge in [-0.3, -0.25) is 14.9 Å². The number of hydrogen-bond acceptors (Lipinski definition) is 5. The van der Waals surface area contributed by atoms with Gasteiger partial charge in [-0.2, -0.15) is 0 Å². The molecule has 0 aliphatic carbocycles. The van der Waals surface area contributed by atoms with Crippen molar-refractivity contribution in [2.45, 2.75) is 45.3 Å². The molecule has 4 N–H and O–H groups in total. The Kier molecular flexibility index (Phi) is 10.1. The summed E-state index contributed by atoms with van der Waals surface area (Å²) in [6.45, 7) is 11.8. The molecule has 1 aromatic rings. The Labute approximate surface area is 206 Å². The second-order valence-electron chi connectivity index (χ2n) is 9.56. The Morgan fingerprint density at radius 3 is 2.40 bits per heavy atom. The van der Waals surface area contributed by atoms with Gasteiger partial charge in [-0.05, 0) is 36.6 Å². The van der Waals surface area contributed by atoms with Crippen molar-refractivity contribution in [1.82, 2.24) is 10.6 Å². The molecule has 10 heteroatoms. The average molecular weight is 508 g/mol. The summed E-state index contributed by atoms with van der Waals surface area (Å²) in [7, 11) is -0.731. The van der Waals surface area contributed by atoms with Crippen molar-refractivity contribution in [3.8, 4) is 0 Å². The predicted octanol–water partition coefficient (Wildman–Crippen LogP) is 2.57. The zero-order valence-electron chi connectivity index (χ0n) is 20.9. The van der Waals surface area contributed by atoms with Crippen molar-refractivity contribution in [3.63, 3.8) is 0 Å². The largest absolute Gasteiger partial charge is 0.380 e. The fraction of sp³-hybridized carbons (Fsp3) is 0.440. The van der Waals surface area contributed by atoms with Gasteiger partial charge in [-0.15, -0.1) is 0 Å². The van der Waals surface area contributed by atoms with E-state index in [9.17, 15) is 23.5 Å². The first kappa shape index (κ1) is 28.6. The fourth-order valence-electron chi connectivity index (χ4n) is 3.78. The van der Waals surface area contributed by atoms with Crippen LogP contribution in [0, 0.1) is 17.6 Å². The molecule has 3 atom stereocenters. The SMILES string of the molecule is C=C(/C=C\C(=C/C)COC)[C@@H](NC(=O)[C@@H]1CNC(O)C1)C(=O)Nc1cc(F)c([Si](C)(C)C)c(F)c1. The Balaban J connectivity index is 2.29. The number of hydrogen-bond donors (Lipinski definition) is 4. The third kappa shape index (κ3) is 7.92. The number of allylic oxidation sites excluding steroid dienone is 1. The maximum absolute atomic E-state index is 14.7. The molecule has 1 aliphatic rings. The smallest absolute Gasteiger partial charge is 0.251 e. The number of carbonyl (C=O) groups is 2. The van der Waals surface area contributed by atoms with Crippen LogP contribution in [0.25, 0.3) is 0 Å². The monoisotopic (exact) mass is 507 g/mol. The van der Waals surface area contributed by atoms with Gasteiger partial charge in [0.15, 0.2) is 0 Å². The number of aliphatic hydroxyl groups excluding tert-OH is 1. The van der Waals surface area contributed by atoms with E-state index in [4.69, 9.17) is 4.74 Å². The molecular formula is C25H35F2N3O4Si. The number of ether oxygens (including phenoxy) is 1. The molecule has 2 rings (SSSR count). The minimum absolute atomic E-state index is 0.0528. The Bertz CT molecular complexity index is 997. The molecule has 1 saturated heterocycles. The van der Waals surface area contributed by atoms with Crippen molar-refractivity contribution in [2.24, 2.45) is 5.92 Å². The molecule has 2 amide bonds. The molecule has 0 spiro atoms. The van der Waals surface area contributed by atoms with Crippen LogP contribution < -0.4 is 21.1 Å². The number of carbonyl (C=O) groups excluding carboxylic acids is 2. The molecule has 7 nitrogen and oxygen atoms in total. The standard InChI is InChI=1S/C25H35F2N3O4Si/c1-7-16(14-34-3)9-8-15(2)22(30-24(32)17-10-21(31)28-13-17)25(33)29-18-11-19(26)23(20(27)12-18)35(4,5)6/h7-9,11-12,17,21-22,28,31H,2,10,13-14H2,1,3-6H3,(H,29,33)(H,30,32)/b9-8-,16-7+/t17-,21?,22+/m0/s1. The number of halogens is 2. The van der Waals surface area contributed by atoms with Crippen LogP contribution >= 0.6 is 0 Å². The van der Waals surface area contributed by atoms with E-state index in [1.807, 2.05) is 32.6 Å². The van der Waals surface area contributed by atoms with Crippen molar-refractivity contribution in [1.29, 1.82) is 0 Å². The van der Waals surface area contributed by atoms with E-state index in [1.54, 1.807) is 19.3 Å². The highest BCUT2D eigenvalue weighted by molar-refractivity contribution is 6.88. The maximum atomic E-state index is 14.7. The van der Waals surface area contributed by atoms with Crippen LogP contribution in [0.3, 0.4) is 0 Å². The zero-order valence-corrected chi connectivity index (χ0v) is 21.9. The topological polar surface area (TPSA) is 99.7 Å². The number of amides is 2. The molecule has 1 fully saturated rings. The molecule has 1 heterocycles. The summed E-state index contributed by atoms with van der Waals surface area (Å²) in [5, 5.41) is 17.6. The van der Waals surface area contributed by atoms with Crippen LogP contribution in [0.5, 0.6) is 0 Å². The summed E-state index contributed by atoms with van der Waals surface area (Å²) >= 11 is 0. The summed E-state index contributed by atoms with van der Waals surface area (Å²) in [6, 6.07) is 0.958. The van der Waals surface area contributed by atoms with Crippen molar-refractivity contribution >= 4 is 30.8 Å². The lowest BCUT2D eigenvalue weighted by Crippen LogP contribution is -2.47. The van der Waals surface area contributed by atoms with E-state index >= 15 is 0 Å². The number of benzene rings is 1. The summed E-state index contributed by atoms with van der Waals surface area (Å²) in [5.41, 5.74) is 1.03. The van der Waals surface area contributed by atoms with E-state index in [2.05, 4.69) is 22.5 Å². The van der Waals surface area contributed by atoms with Gasteiger partial charge in [-0.25, -0.2) is 8.78 Å². The lowest BCUT2D eigenvalue weighted by molar-refractivity contribution is -0.128. The molecule has 1 aromatic carbocycles. The van der Waals surface area contributed by atoms with Gasteiger partial charge in [0, 0.05) is 24.5 Å². The first-order chi connectivity index (χ1) is 16.4. The van der Waals surface area contributed by atoms with Gasteiger partial charge in [0.25, 0.3) is 5.91 Å². The lowest BCUT2D eigenvalue weighted by Gasteiger charge is -2.22. The quantitative estimate of drug-likeness (QED) is 0.288. The minimum atomic E-state index is -2.28. The third-order valence-electron chi connectivity index (χ3n) is 5.65. The first-order valence-electron chi connectivity index (χ1n) is 11.4. The Morgan fingerprint density at radius 2 is 1.91 bits per heavy atom. The van der Waals surface area contributed by atoms with Crippen LogP contribution in [0.1, 0.15) is 13.3 Å². The average Bonchev–Trinajstić information content (AvgIpc) is 3.19. The zero-order chi connectivity index (χ0) is 26.3. The van der Waals surface area contributed by atoms with E-state index in [-0.39, 0.29) is 29.4 Å². The van der Waals surface area contributed by atoms with Crippen LogP contribution in [-0.4, -0.2) is 57.5 Å². The molecule has 0 aromatic heterocycles. The van der Waals surface area contributed by atoms with E-state index in [0.29, 0.717) is 6.61 Å². The molecule has 0 bridgehead atoms. The number of nitrogens with one attached hydrogen (secondary N) is 3. The fourth-order valence-corrected chi connectivity index (χ4v) is 5.36. The molecule has 0 radical (unpaired) electrons. The summed E-state index contributed by atoms with van der Waals surface area (Å²) < 4.78 is 34.5. The summed E-state index contributed by atoms with van der Waals surface area (Å²) in [6.07, 6.45) is 4.52. The number of aliphatic hydroxyl groups is 1. The maximum Gasteiger partial charge on any atom is 0.251 e. The van der Waals surface area contributed by atoms with Crippen LogP contribution in [0.2, 0.25) is 19.6 Å². The van der Waals surface area contributed by atoms with Gasteiger partial charge in [0.05, 0.1) is 20.6 Å². The third-order valence-corrected chi connectivity index (χ3v) is 7.63. The van der Waals surface area contributed by atoms with Crippen molar-refractivity contribution < 1.29 is 28.2 Å². The predicted molar refractivity (Wildman–Crippen MR) is 136 cm³/mol. The molecule has 1 aliphatic heterocycles. The normalized spacial score (nSPS) is 19.6. The van der Waals surface area contributed by atoms with Crippen LogP contribution in [0.4, 0.5) is 14.5 Å². The van der Waals surface area contributed by atoms with E-state index in [0.717, 1.165) is 17.7 Å². The number of methoxy groups -OCH3 is 1. The lowest BCUT2D eigenvalue weighted by atomic mass is 10.0. The highest BCUT2D eigenvalue weighted by atomic mass is 28.3. The van der Waals surface area contributed by atoms with E-state index < -0.39 is 49.7 Å². The second-order valence-corrected chi connectivity index (χ2v) is 14.6. The number of anilines is 1. The van der Waals surface area contributed by atoms with E-state index in [1.165, 1.54) is 0 Å². The van der Waals surface area contributed by atoms with Crippen molar-refractivity contribution in [3.05, 3.63) is 59.7 Å². The van der Waals surface area contributed by atoms with Crippen LogP contribution in [-0.2, 0) is 14.3 Å². The Hall–Kier alpha value is -2.66. The highest BCUT2D eigenvalue weighted by Gasteiger charge is 2.32.